The minimum Gasteiger partial charge on any atom is -0.339 e. The van der Waals surface area contributed by atoms with Crippen molar-refractivity contribution in [3.05, 3.63) is 62.7 Å². The van der Waals surface area contributed by atoms with Gasteiger partial charge >= 0.3 is 0 Å². The van der Waals surface area contributed by atoms with Gasteiger partial charge in [0.05, 0.1) is 21.1 Å². The number of anilines is 1. The summed E-state index contributed by atoms with van der Waals surface area (Å²) < 4.78 is 23.7. The first-order valence-corrected chi connectivity index (χ1v) is 11.2. The number of nitro benzene ring substituents is 1. The van der Waals surface area contributed by atoms with E-state index in [-0.39, 0.29) is 32.6 Å². The van der Waals surface area contributed by atoms with Gasteiger partial charge in [0.2, 0.25) is 0 Å². The summed E-state index contributed by atoms with van der Waals surface area (Å²) >= 11 is 6.02. The molecule has 2 amide bonds. The summed E-state index contributed by atoms with van der Waals surface area (Å²) in [7, 11) is -3.79. The number of halogens is 1. The highest BCUT2D eigenvalue weighted by Gasteiger charge is 2.24. The molecule has 1 aliphatic heterocycles. The zero-order valence-electron chi connectivity index (χ0n) is 15.9. The molecule has 1 fully saturated rings. The van der Waals surface area contributed by atoms with Crippen LogP contribution in [0.1, 0.15) is 33.6 Å². The third-order valence-electron chi connectivity index (χ3n) is 4.65. The van der Waals surface area contributed by atoms with Gasteiger partial charge in [-0.05, 0) is 37.1 Å². The molecule has 1 aliphatic rings. The number of rotatable bonds is 5. The lowest BCUT2D eigenvalue weighted by molar-refractivity contribution is -0.385. The summed E-state index contributed by atoms with van der Waals surface area (Å²) in [6, 6.07) is 7.32. The summed E-state index contributed by atoms with van der Waals surface area (Å²) in [4.78, 5) is 37.2. The van der Waals surface area contributed by atoms with Gasteiger partial charge in [-0.15, -0.1) is 0 Å². The molecule has 3 rings (SSSR count). The van der Waals surface area contributed by atoms with E-state index in [0.717, 1.165) is 37.3 Å². The molecule has 9 nitrogen and oxygen atoms in total. The summed E-state index contributed by atoms with van der Waals surface area (Å²) in [6.45, 7) is 1.22. The molecule has 0 unspecified atom stereocenters. The molecule has 0 aliphatic carbocycles. The van der Waals surface area contributed by atoms with E-state index in [1.165, 1.54) is 18.2 Å². The number of amides is 2. The molecule has 0 saturated carbocycles. The Hall–Kier alpha value is -2.98. The molecule has 30 heavy (non-hydrogen) atoms. The lowest BCUT2D eigenvalue weighted by Crippen LogP contribution is -2.28. The van der Waals surface area contributed by atoms with Gasteiger partial charge in [-0.3, -0.25) is 19.7 Å². The zero-order chi connectivity index (χ0) is 22.1. The number of carbonyl (C=O) groups excluding carboxylic acids is 2. The van der Waals surface area contributed by atoms with Gasteiger partial charge in [-0.1, -0.05) is 11.6 Å². The fraction of sp³-hybridized carbons (Fsp3) is 0.263. The molecule has 1 saturated heterocycles. The van der Waals surface area contributed by atoms with Crippen molar-refractivity contribution >= 4 is 44.6 Å². The highest BCUT2D eigenvalue weighted by molar-refractivity contribution is 7.90. The van der Waals surface area contributed by atoms with Gasteiger partial charge in [0.15, 0.2) is 9.84 Å². The highest BCUT2D eigenvalue weighted by atomic mass is 35.5. The Labute approximate surface area is 177 Å². The Morgan fingerprint density at radius 1 is 1.13 bits per heavy atom. The van der Waals surface area contributed by atoms with Crippen LogP contribution in [0.3, 0.4) is 0 Å². The lowest BCUT2D eigenvalue weighted by Gasteiger charge is -2.18. The van der Waals surface area contributed by atoms with Crippen LogP contribution < -0.4 is 5.32 Å². The van der Waals surface area contributed by atoms with E-state index in [0.29, 0.717) is 13.1 Å². The van der Waals surface area contributed by atoms with Gasteiger partial charge in [0.25, 0.3) is 17.5 Å². The third-order valence-corrected chi connectivity index (χ3v) is 5.97. The van der Waals surface area contributed by atoms with Crippen molar-refractivity contribution in [1.29, 1.82) is 0 Å². The number of nitrogens with zero attached hydrogens (tertiary/aromatic N) is 2. The molecule has 0 atom stereocenters. The maximum Gasteiger partial charge on any atom is 0.271 e. The third kappa shape index (κ3) is 4.77. The van der Waals surface area contributed by atoms with Crippen molar-refractivity contribution in [1.82, 2.24) is 4.90 Å². The van der Waals surface area contributed by atoms with Crippen molar-refractivity contribution in [2.45, 2.75) is 17.7 Å². The molecule has 1 N–H and O–H groups in total. The maximum atomic E-state index is 12.8. The van der Waals surface area contributed by atoms with E-state index >= 15 is 0 Å². The number of non-ortho nitro benzene ring substituents is 1. The Bertz CT molecular complexity index is 1140. The van der Waals surface area contributed by atoms with Gasteiger partial charge < -0.3 is 10.2 Å². The molecule has 0 spiro atoms. The van der Waals surface area contributed by atoms with Crippen molar-refractivity contribution in [2.24, 2.45) is 0 Å². The Morgan fingerprint density at radius 2 is 1.80 bits per heavy atom. The predicted molar refractivity (Wildman–Crippen MR) is 111 cm³/mol. The van der Waals surface area contributed by atoms with Gasteiger partial charge in [-0.25, -0.2) is 8.42 Å². The van der Waals surface area contributed by atoms with Crippen LogP contribution in [0.15, 0.2) is 41.3 Å². The molecular weight excluding hydrogens is 434 g/mol. The minimum atomic E-state index is -3.79. The van der Waals surface area contributed by atoms with E-state index in [4.69, 9.17) is 11.6 Å². The van der Waals surface area contributed by atoms with Crippen LogP contribution in [0.2, 0.25) is 5.02 Å². The second-order valence-corrected chi connectivity index (χ2v) is 9.34. The average molecular weight is 452 g/mol. The van der Waals surface area contributed by atoms with E-state index in [1.807, 2.05) is 0 Å². The Balaban J connectivity index is 1.98. The largest absolute Gasteiger partial charge is 0.339 e. The fourth-order valence-electron chi connectivity index (χ4n) is 3.13. The van der Waals surface area contributed by atoms with Crippen LogP contribution in [-0.4, -0.2) is 49.4 Å². The Kier molecular flexibility index (Phi) is 6.09. The first-order chi connectivity index (χ1) is 14.1. The number of nitro groups is 1. The summed E-state index contributed by atoms with van der Waals surface area (Å²) in [5.74, 6) is -1.07. The molecule has 1 heterocycles. The quantitative estimate of drug-likeness (QED) is 0.549. The number of sulfone groups is 1. The SMILES string of the molecule is CS(=O)(=O)c1cc(C(=O)Nc2cc(Cl)ccc2C(=O)N2CCCC2)cc([N+](=O)[O-])c1. The molecule has 0 aromatic heterocycles. The van der Waals surface area contributed by atoms with E-state index in [9.17, 15) is 28.1 Å². The monoisotopic (exact) mass is 451 g/mol. The number of nitrogens with one attached hydrogen (secondary N) is 1. The number of likely N-dealkylation sites (tertiary alicyclic amines) is 1. The van der Waals surface area contributed by atoms with Crippen molar-refractivity contribution in [2.75, 3.05) is 24.7 Å². The Morgan fingerprint density at radius 3 is 2.40 bits per heavy atom. The maximum absolute atomic E-state index is 12.8. The first kappa shape index (κ1) is 21.7. The minimum absolute atomic E-state index is 0.136. The van der Waals surface area contributed by atoms with E-state index in [1.54, 1.807) is 4.90 Å². The van der Waals surface area contributed by atoms with Gasteiger partial charge in [0, 0.05) is 42.1 Å². The second-order valence-electron chi connectivity index (χ2n) is 6.89. The molecule has 0 radical (unpaired) electrons. The molecule has 158 valence electrons. The van der Waals surface area contributed by atoms with Crippen LogP contribution in [0.5, 0.6) is 0 Å². The second kappa shape index (κ2) is 8.41. The molecular formula is C19H18ClN3O6S. The van der Waals surface area contributed by atoms with Crippen LogP contribution in [-0.2, 0) is 9.84 Å². The van der Waals surface area contributed by atoms with Crippen LogP contribution in [0.4, 0.5) is 11.4 Å². The number of hydrogen-bond acceptors (Lipinski definition) is 6. The standard InChI is InChI=1S/C19H18ClN3O6S/c1-30(28,29)15-9-12(8-14(11-15)23(26)27)18(24)21-17-10-13(20)4-5-16(17)19(25)22-6-2-3-7-22/h4-5,8-11H,2-3,6-7H2,1H3,(H,21,24). The number of hydrogen-bond donors (Lipinski definition) is 1. The number of carbonyl (C=O) groups is 2. The van der Waals surface area contributed by atoms with E-state index in [2.05, 4.69) is 5.32 Å². The van der Waals surface area contributed by atoms with Crippen LogP contribution >= 0.6 is 11.6 Å². The summed E-state index contributed by atoms with van der Waals surface area (Å²) in [6.07, 6.45) is 2.67. The topological polar surface area (TPSA) is 127 Å². The predicted octanol–water partition coefficient (Wildman–Crippen LogP) is 3.14. The van der Waals surface area contributed by atoms with Gasteiger partial charge in [0.1, 0.15) is 0 Å². The zero-order valence-corrected chi connectivity index (χ0v) is 17.5. The lowest BCUT2D eigenvalue weighted by atomic mass is 10.1. The average Bonchev–Trinajstić information content (AvgIpc) is 3.21. The molecule has 0 bridgehead atoms. The normalized spacial score (nSPS) is 13.9. The van der Waals surface area contributed by atoms with Crippen molar-refractivity contribution in [3.8, 4) is 0 Å². The number of benzene rings is 2. The van der Waals surface area contributed by atoms with Crippen molar-refractivity contribution < 1.29 is 22.9 Å². The fourth-order valence-corrected chi connectivity index (χ4v) is 3.97. The first-order valence-electron chi connectivity index (χ1n) is 8.96. The van der Waals surface area contributed by atoms with E-state index < -0.39 is 26.4 Å². The smallest absolute Gasteiger partial charge is 0.271 e. The van der Waals surface area contributed by atoms with Gasteiger partial charge in [-0.2, -0.15) is 0 Å². The van der Waals surface area contributed by atoms with Crippen molar-refractivity contribution in [3.63, 3.8) is 0 Å². The highest BCUT2D eigenvalue weighted by Crippen LogP contribution is 2.26. The van der Waals surface area contributed by atoms with Crippen LogP contribution in [0.25, 0.3) is 0 Å². The molecule has 11 heteroatoms. The van der Waals surface area contributed by atoms with Crippen LogP contribution in [0, 0.1) is 10.1 Å². The molecule has 2 aromatic carbocycles. The summed E-state index contributed by atoms with van der Waals surface area (Å²) in [5.41, 5.74) is -0.410. The summed E-state index contributed by atoms with van der Waals surface area (Å²) in [5, 5.41) is 14.0. The molecule has 2 aromatic rings.